The molecule has 7 heteroatoms. The number of amides is 1. The quantitative estimate of drug-likeness (QED) is 0.557. The number of rotatable bonds is 4. The van der Waals surface area contributed by atoms with Gasteiger partial charge in [0, 0.05) is 11.3 Å². The summed E-state index contributed by atoms with van der Waals surface area (Å²) in [5.41, 5.74) is 0.256. The molecule has 1 amide bonds. The van der Waals surface area contributed by atoms with E-state index in [0.717, 1.165) is 4.57 Å². The van der Waals surface area contributed by atoms with Crippen molar-refractivity contribution in [2.24, 2.45) is 0 Å². The minimum Gasteiger partial charge on any atom is -0.325 e. The van der Waals surface area contributed by atoms with Gasteiger partial charge in [0.1, 0.15) is 6.54 Å². The highest BCUT2D eigenvalue weighted by Gasteiger charge is 2.12. The van der Waals surface area contributed by atoms with Crippen LogP contribution in [0.1, 0.15) is 17.3 Å². The Morgan fingerprint density at radius 1 is 1.08 bits per heavy atom. The molecular formula is C18H15N3O4. The van der Waals surface area contributed by atoms with E-state index in [1.165, 1.54) is 6.92 Å². The van der Waals surface area contributed by atoms with Crippen LogP contribution in [-0.2, 0) is 11.3 Å². The molecule has 0 atom stereocenters. The number of hydrogen-bond donors (Lipinski definition) is 2. The van der Waals surface area contributed by atoms with E-state index in [1.54, 1.807) is 48.5 Å². The van der Waals surface area contributed by atoms with Gasteiger partial charge in [-0.1, -0.05) is 24.3 Å². The van der Waals surface area contributed by atoms with Crippen molar-refractivity contribution in [3.63, 3.8) is 0 Å². The SMILES string of the molecule is CC(=O)c1cccc(NC(=O)Cn2c(=O)c(=O)[nH]c3ccccc32)c1. The summed E-state index contributed by atoms with van der Waals surface area (Å²) < 4.78 is 1.12. The summed E-state index contributed by atoms with van der Waals surface area (Å²) in [5.74, 6) is -0.591. The minimum absolute atomic E-state index is 0.118. The van der Waals surface area contributed by atoms with Gasteiger partial charge in [0.2, 0.25) is 5.91 Å². The van der Waals surface area contributed by atoms with Gasteiger partial charge in [-0.15, -0.1) is 0 Å². The zero-order chi connectivity index (χ0) is 18.0. The summed E-state index contributed by atoms with van der Waals surface area (Å²) >= 11 is 0. The Labute approximate surface area is 141 Å². The van der Waals surface area contributed by atoms with Crippen LogP contribution < -0.4 is 16.4 Å². The fourth-order valence-electron chi connectivity index (χ4n) is 2.54. The van der Waals surface area contributed by atoms with E-state index in [2.05, 4.69) is 10.3 Å². The number of para-hydroxylation sites is 2. The van der Waals surface area contributed by atoms with Crippen molar-refractivity contribution < 1.29 is 9.59 Å². The molecule has 3 aromatic rings. The molecule has 126 valence electrons. The van der Waals surface area contributed by atoms with E-state index in [1.807, 2.05) is 0 Å². The average molecular weight is 337 g/mol. The number of aromatic nitrogens is 2. The summed E-state index contributed by atoms with van der Waals surface area (Å²) in [6.07, 6.45) is 0. The Balaban J connectivity index is 1.92. The van der Waals surface area contributed by atoms with Crippen LogP contribution >= 0.6 is 0 Å². The molecule has 0 saturated heterocycles. The molecule has 1 heterocycles. The lowest BCUT2D eigenvalue weighted by Gasteiger charge is -2.10. The maximum Gasteiger partial charge on any atom is 0.317 e. The molecule has 0 aliphatic carbocycles. The van der Waals surface area contributed by atoms with Gasteiger partial charge >= 0.3 is 11.1 Å². The monoisotopic (exact) mass is 337 g/mol. The van der Waals surface area contributed by atoms with E-state index in [4.69, 9.17) is 0 Å². The summed E-state index contributed by atoms with van der Waals surface area (Å²) in [4.78, 5) is 50.1. The first kappa shape index (κ1) is 16.4. The molecule has 0 bridgehead atoms. The van der Waals surface area contributed by atoms with E-state index in [-0.39, 0.29) is 12.3 Å². The molecule has 0 unspecified atom stereocenters. The number of carbonyl (C=O) groups excluding carboxylic acids is 2. The van der Waals surface area contributed by atoms with Crippen molar-refractivity contribution in [3.8, 4) is 0 Å². The summed E-state index contributed by atoms with van der Waals surface area (Å²) in [7, 11) is 0. The maximum absolute atomic E-state index is 12.3. The number of fused-ring (bicyclic) bond motifs is 1. The van der Waals surface area contributed by atoms with Gasteiger partial charge in [-0.2, -0.15) is 0 Å². The van der Waals surface area contributed by atoms with Crippen LogP contribution in [0.25, 0.3) is 11.0 Å². The van der Waals surface area contributed by atoms with Crippen molar-refractivity contribution in [2.75, 3.05) is 5.32 Å². The van der Waals surface area contributed by atoms with Crippen LogP contribution in [0.3, 0.4) is 0 Å². The zero-order valence-electron chi connectivity index (χ0n) is 13.4. The van der Waals surface area contributed by atoms with Crippen LogP contribution in [0.4, 0.5) is 5.69 Å². The normalized spacial score (nSPS) is 10.6. The second-order valence-corrected chi connectivity index (χ2v) is 5.55. The predicted octanol–water partition coefficient (Wildman–Crippen LogP) is 1.53. The highest BCUT2D eigenvalue weighted by atomic mass is 16.2. The smallest absolute Gasteiger partial charge is 0.317 e. The largest absolute Gasteiger partial charge is 0.325 e. The molecule has 0 spiro atoms. The number of nitrogens with one attached hydrogen (secondary N) is 2. The number of H-pyrrole nitrogens is 1. The first-order valence-electron chi connectivity index (χ1n) is 7.58. The van der Waals surface area contributed by atoms with E-state index >= 15 is 0 Å². The number of nitrogens with zero attached hydrogens (tertiary/aromatic N) is 1. The van der Waals surface area contributed by atoms with Crippen LogP contribution in [0.5, 0.6) is 0 Å². The molecule has 2 aromatic carbocycles. The Hall–Kier alpha value is -3.48. The third-order valence-electron chi connectivity index (χ3n) is 3.74. The molecule has 0 aliphatic rings. The number of benzene rings is 2. The second kappa shape index (κ2) is 6.56. The van der Waals surface area contributed by atoms with Gasteiger partial charge in [-0.3, -0.25) is 23.7 Å². The molecule has 2 N–H and O–H groups in total. The first-order chi connectivity index (χ1) is 12.0. The van der Waals surface area contributed by atoms with Crippen molar-refractivity contribution in [1.82, 2.24) is 9.55 Å². The fourth-order valence-corrected chi connectivity index (χ4v) is 2.54. The average Bonchev–Trinajstić information content (AvgIpc) is 2.59. The second-order valence-electron chi connectivity index (χ2n) is 5.55. The third-order valence-corrected chi connectivity index (χ3v) is 3.74. The molecule has 7 nitrogen and oxygen atoms in total. The Bertz CT molecular complexity index is 1100. The van der Waals surface area contributed by atoms with Crippen LogP contribution in [-0.4, -0.2) is 21.2 Å². The highest BCUT2D eigenvalue weighted by molar-refractivity contribution is 5.97. The number of ketones is 1. The molecule has 25 heavy (non-hydrogen) atoms. The Morgan fingerprint density at radius 3 is 2.60 bits per heavy atom. The number of aromatic amines is 1. The lowest BCUT2D eigenvalue weighted by Crippen LogP contribution is -2.38. The molecular weight excluding hydrogens is 322 g/mol. The minimum atomic E-state index is -0.800. The summed E-state index contributed by atoms with van der Waals surface area (Å²) in [5, 5.41) is 2.63. The van der Waals surface area contributed by atoms with E-state index < -0.39 is 17.0 Å². The molecule has 0 fully saturated rings. The lowest BCUT2D eigenvalue weighted by molar-refractivity contribution is -0.116. The van der Waals surface area contributed by atoms with Gasteiger partial charge in [-0.05, 0) is 31.2 Å². The summed E-state index contributed by atoms with van der Waals surface area (Å²) in [6, 6.07) is 13.2. The van der Waals surface area contributed by atoms with Crippen LogP contribution in [0.2, 0.25) is 0 Å². The lowest BCUT2D eigenvalue weighted by atomic mass is 10.1. The molecule has 0 radical (unpaired) electrons. The van der Waals surface area contributed by atoms with Crippen LogP contribution in [0, 0.1) is 0 Å². The maximum atomic E-state index is 12.3. The van der Waals surface area contributed by atoms with E-state index in [0.29, 0.717) is 22.3 Å². The highest BCUT2D eigenvalue weighted by Crippen LogP contribution is 2.12. The van der Waals surface area contributed by atoms with Gasteiger partial charge < -0.3 is 10.3 Å². The first-order valence-corrected chi connectivity index (χ1v) is 7.58. The Morgan fingerprint density at radius 2 is 1.84 bits per heavy atom. The van der Waals surface area contributed by atoms with Crippen molar-refractivity contribution in [2.45, 2.75) is 13.5 Å². The number of hydrogen-bond acceptors (Lipinski definition) is 4. The molecule has 3 rings (SSSR count). The molecule has 0 aliphatic heterocycles. The van der Waals surface area contributed by atoms with Gasteiger partial charge in [-0.25, -0.2) is 0 Å². The molecule has 1 aromatic heterocycles. The summed E-state index contributed by atoms with van der Waals surface area (Å²) in [6.45, 7) is 1.12. The van der Waals surface area contributed by atoms with Crippen LogP contribution in [0.15, 0.2) is 58.1 Å². The number of carbonyl (C=O) groups is 2. The third kappa shape index (κ3) is 3.40. The van der Waals surface area contributed by atoms with Crippen molar-refractivity contribution in [3.05, 3.63) is 74.8 Å². The van der Waals surface area contributed by atoms with Gasteiger partial charge in [0.05, 0.1) is 11.0 Å². The van der Waals surface area contributed by atoms with Crippen molar-refractivity contribution in [1.29, 1.82) is 0 Å². The van der Waals surface area contributed by atoms with Crippen molar-refractivity contribution >= 4 is 28.4 Å². The number of Topliss-reactive ketones (excluding diaryl/α,β-unsaturated/α-hetero) is 1. The zero-order valence-corrected chi connectivity index (χ0v) is 13.4. The fraction of sp³-hybridized carbons (Fsp3) is 0.111. The predicted molar refractivity (Wildman–Crippen MR) is 93.9 cm³/mol. The van der Waals surface area contributed by atoms with Gasteiger partial charge in [0.15, 0.2) is 5.78 Å². The topological polar surface area (TPSA) is 101 Å². The van der Waals surface area contributed by atoms with Gasteiger partial charge in [0.25, 0.3) is 0 Å². The van der Waals surface area contributed by atoms with E-state index in [9.17, 15) is 19.2 Å². The molecule has 0 saturated carbocycles. The number of anilines is 1. The standard InChI is InChI=1S/C18H15N3O4/c1-11(22)12-5-4-6-13(9-12)19-16(23)10-21-15-8-3-2-7-14(15)20-17(24)18(21)25/h2-9H,10H2,1H3,(H,19,23)(H,20,24). The Kier molecular flexibility index (Phi) is 4.30.